The molecule has 0 radical (unpaired) electrons. The van der Waals surface area contributed by atoms with Crippen molar-refractivity contribution in [1.29, 1.82) is 0 Å². The highest BCUT2D eigenvalue weighted by atomic mass is 19.1. The van der Waals surface area contributed by atoms with Gasteiger partial charge in [-0.2, -0.15) is 0 Å². The molecule has 0 unspecified atom stereocenters. The molecule has 0 saturated heterocycles. The van der Waals surface area contributed by atoms with Crippen LogP contribution in [0.3, 0.4) is 0 Å². The van der Waals surface area contributed by atoms with Gasteiger partial charge in [0.2, 0.25) is 0 Å². The van der Waals surface area contributed by atoms with Gasteiger partial charge < -0.3 is 20.4 Å². The molecule has 0 saturated carbocycles. The third kappa shape index (κ3) is 3.24. The number of benzene rings is 1. The summed E-state index contributed by atoms with van der Waals surface area (Å²) in [6.45, 7) is 2.94. The molecule has 7 heteroatoms. The topological polar surface area (TPSA) is 89.9 Å². The number of likely N-dealkylation sites (N-methyl/N-ethyl adjacent to an activating group) is 1. The zero-order valence-electron chi connectivity index (χ0n) is 11.5. The fourth-order valence-electron chi connectivity index (χ4n) is 1.40. The SMILES string of the molecule is CN(C(=O)Nc1c(F)cccc1C(=O)O)C(C)(C)CO. The van der Waals surface area contributed by atoms with Gasteiger partial charge in [-0.05, 0) is 26.0 Å². The summed E-state index contributed by atoms with van der Waals surface area (Å²) in [6, 6.07) is 2.78. The first-order valence-electron chi connectivity index (χ1n) is 5.88. The maximum Gasteiger partial charge on any atom is 0.337 e. The van der Waals surface area contributed by atoms with Crippen LogP contribution in [0.5, 0.6) is 0 Å². The molecule has 110 valence electrons. The molecule has 2 amide bonds. The number of carboxylic acids is 1. The Morgan fingerprint density at radius 2 is 2.00 bits per heavy atom. The molecule has 1 aromatic rings. The van der Waals surface area contributed by atoms with Crippen LogP contribution in [0.25, 0.3) is 0 Å². The van der Waals surface area contributed by atoms with Crippen LogP contribution in [0.15, 0.2) is 18.2 Å². The van der Waals surface area contributed by atoms with Crippen molar-refractivity contribution in [3.63, 3.8) is 0 Å². The number of hydrogen-bond donors (Lipinski definition) is 3. The second-order valence-electron chi connectivity index (χ2n) is 4.93. The largest absolute Gasteiger partial charge is 0.478 e. The third-order valence-electron chi connectivity index (χ3n) is 3.08. The number of carbonyl (C=O) groups is 2. The van der Waals surface area contributed by atoms with E-state index in [0.717, 1.165) is 6.07 Å². The quantitative estimate of drug-likeness (QED) is 0.786. The molecule has 0 bridgehead atoms. The summed E-state index contributed by atoms with van der Waals surface area (Å²) in [5, 5.41) is 20.4. The zero-order chi connectivity index (χ0) is 15.5. The van der Waals surface area contributed by atoms with E-state index in [-0.39, 0.29) is 12.2 Å². The summed E-state index contributed by atoms with van der Waals surface area (Å²) in [4.78, 5) is 24.2. The molecule has 0 spiro atoms. The molecule has 0 aliphatic heterocycles. The lowest BCUT2D eigenvalue weighted by atomic mass is 10.1. The molecule has 0 heterocycles. The molecule has 1 aromatic carbocycles. The summed E-state index contributed by atoms with van der Waals surface area (Å²) in [7, 11) is 1.42. The van der Waals surface area contributed by atoms with E-state index in [2.05, 4.69) is 5.32 Å². The predicted molar refractivity (Wildman–Crippen MR) is 71.3 cm³/mol. The second kappa shape index (κ2) is 5.87. The highest BCUT2D eigenvalue weighted by Crippen LogP contribution is 2.21. The average Bonchev–Trinajstić information content (AvgIpc) is 2.39. The first kappa shape index (κ1) is 15.9. The van der Waals surface area contributed by atoms with E-state index in [1.165, 1.54) is 24.1 Å². The van der Waals surface area contributed by atoms with Crippen LogP contribution in [-0.4, -0.2) is 46.3 Å². The molecule has 20 heavy (non-hydrogen) atoms. The number of amides is 2. The maximum absolute atomic E-state index is 13.7. The normalized spacial score (nSPS) is 11.1. The van der Waals surface area contributed by atoms with Crippen molar-refractivity contribution in [2.45, 2.75) is 19.4 Å². The van der Waals surface area contributed by atoms with E-state index in [1.54, 1.807) is 13.8 Å². The Balaban J connectivity index is 3.05. The Labute approximate surface area is 115 Å². The van der Waals surface area contributed by atoms with Gasteiger partial charge in [-0.3, -0.25) is 0 Å². The highest BCUT2D eigenvalue weighted by Gasteiger charge is 2.28. The lowest BCUT2D eigenvalue weighted by molar-refractivity contribution is 0.0697. The van der Waals surface area contributed by atoms with Gasteiger partial charge in [-0.25, -0.2) is 14.0 Å². The number of anilines is 1. The molecule has 0 aliphatic rings. The number of carbonyl (C=O) groups excluding carboxylic acids is 1. The highest BCUT2D eigenvalue weighted by molar-refractivity contribution is 6.00. The van der Waals surface area contributed by atoms with Crippen LogP contribution in [0.4, 0.5) is 14.9 Å². The minimum absolute atomic E-state index is 0.292. The van der Waals surface area contributed by atoms with Crippen molar-refractivity contribution in [3.05, 3.63) is 29.6 Å². The molecule has 0 aromatic heterocycles. The van der Waals surface area contributed by atoms with Gasteiger partial charge >= 0.3 is 12.0 Å². The van der Waals surface area contributed by atoms with Crippen molar-refractivity contribution in [2.24, 2.45) is 0 Å². The van der Waals surface area contributed by atoms with Crippen molar-refractivity contribution in [1.82, 2.24) is 4.90 Å². The van der Waals surface area contributed by atoms with E-state index in [1.807, 2.05) is 0 Å². The fourth-order valence-corrected chi connectivity index (χ4v) is 1.40. The summed E-state index contributed by atoms with van der Waals surface area (Å²) in [6.07, 6.45) is 0. The van der Waals surface area contributed by atoms with Crippen LogP contribution < -0.4 is 5.32 Å². The number of carboxylic acid groups (broad SMARTS) is 1. The first-order chi connectivity index (χ1) is 9.20. The smallest absolute Gasteiger partial charge is 0.337 e. The number of aliphatic hydroxyl groups excluding tert-OH is 1. The number of para-hydroxylation sites is 1. The molecular weight excluding hydrogens is 267 g/mol. The van der Waals surface area contributed by atoms with Gasteiger partial charge in [0.1, 0.15) is 5.82 Å². The summed E-state index contributed by atoms with van der Waals surface area (Å²) in [5.74, 6) is -2.18. The van der Waals surface area contributed by atoms with E-state index < -0.39 is 29.0 Å². The minimum atomic E-state index is -1.34. The molecule has 1 rings (SSSR count). The number of hydrogen-bond acceptors (Lipinski definition) is 3. The van der Waals surface area contributed by atoms with Gasteiger partial charge in [0.05, 0.1) is 23.4 Å². The van der Waals surface area contributed by atoms with Crippen LogP contribution in [0.2, 0.25) is 0 Å². The van der Waals surface area contributed by atoms with E-state index in [9.17, 15) is 19.1 Å². The third-order valence-corrected chi connectivity index (χ3v) is 3.08. The number of nitrogens with zero attached hydrogens (tertiary/aromatic N) is 1. The average molecular weight is 284 g/mol. The van der Waals surface area contributed by atoms with Crippen molar-refractivity contribution in [2.75, 3.05) is 19.0 Å². The Bertz CT molecular complexity index is 531. The fraction of sp³-hybridized carbons (Fsp3) is 0.385. The minimum Gasteiger partial charge on any atom is -0.478 e. The number of nitrogens with one attached hydrogen (secondary N) is 1. The summed E-state index contributed by atoms with van der Waals surface area (Å²) in [5.41, 5.74) is -1.60. The summed E-state index contributed by atoms with van der Waals surface area (Å²) < 4.78 is 13.7. The van der Waals surface area contributed by atoms with Crippen molar-refractivity contribution >= 4 is 17.7 Å². The monoisotopic (exact) mass is 284 g/mol. The number of urea groups is 1. The van der Waals surface area contributed by atoms with Gasteiger partial charge in [-0.15, -0.1) is 0 Å². The van der Waals surface area contributed by atoms with Gasteiger partial charge in [-0.1, -0.05) is 6.07 Å². The number of rotatable bonds is 4. The van der Waals surface area contributed by atoms with Crippen LogP contribution in [0, 0.1) is 5.82 Å². The van der Waals surface area contributed by atoms with E-state index in [0.29, 0.717) is 0 Å². The molecule has 0 atom stereocenters. The van der Waals surface area contributed by atoms with E-state index in [4.69, 9.17) is 5.11 Å². The maximum atomic E-state index is 13.7. The van der Waals surface area contributed by atoms with Gasteiger partial charge in [0.15, 0.2) is 0 Å². The Morgan fingerprint density at radius 3 is 2.50 bits per heavy atom. The lowest BCUT2D eigenvalue weighted by Gasteiger charge is -2.33. The van der Waals surface area contributed by atoms with Crippen molar-refractivity contribution < 1.29 is 24.2 Å². The number of halogens is 1. The number of aromatic carboxylic acids is 1. The Hall–Kier alpha value is -2.15. The van der Waals surface area contributed by atoms with E-state index >= 15 is 0 Å². The van der Waals surface area contributed by atoms with Crippen LogP contribution in [-0.2, 0) is 0 Å². The van der Waals surface area contributed by atoms with Crippen LogP contribution >= 0.6 is 0 Å². The van der Waals surface area contributed by atoms with Crippen molar-refractivity contribution in [3.8, 4) is 0 Å². The molecule has 6 nitrogen and oxygen atoms in total. The Morgan fingerprint density at radius 1 is 1.40 bits per heavy atom. The van der Waals surface area contributed by atoms with Crippen LogP contribution in [0.1, 0.15) is 24.2 Å². The number of aliphatic hydroxyl groups is 1. The molecule has 0 aliphatic carbocycles. The van der Waals surface area contributed by atoms with Gasteiger partial charge in [0.25, 0.3) is 0 Å². The lowest BCUT2D eigenvalue weighted by Crippen LogP contribution is -2.49. The molecule has 0 fully saturated rings. The molecular formula is C13H17FN2O4. The Kier molecular flexibility index (Phi) is 4.67. The zero-order valence-corrected chi connectivity index (χ0v) is 11.5. The predicted octanol–water partition coefficient (Wildman–Crippen LogP) is 1.76. The first-order valence-corrected chi connectivity index (χ1v) is 5.88. The van der Waals surface area contributed by atoms with Gasteiger partial charge in [0, 0.05) is 7.05 Å². The standard InChI is InChI=1S/C13H17FN2O4/c1-13(2,7-17)16(3)12(20)15-10-8(11(18)19)5-4-6-9(10)14/h4-6,17H,7H2,1-3H3,(H,15,20)(H,18,19). The summed E-state index contributed by atoms with van der Waals surface area (Å²) >= 11 is 0. The molecule has 3 N–H and O–H groups in total. The second-order valence-corrected chi connectivity index (χ2v) is 4.93.